The Bertz CT molecular complexity index is 603. The number of ether oxygens (including phenoxy) is 2. The molecule has 0 saturated heterocycles. The van der Waals surface area contributed by atoms with Crippen molar-refractivity contribution in [3.05, 3.63) is 71.8 Å². The molecule has 0 fully saturated rings. The third-order valence-electron chi connectivity index (χ3n) is 2.88. The molecule has 2 rings (SSSR count). The lowest BCUT2D eigenvalue weighted by Crippen LogP contribution is -2.06. The van der Waals surface area contributed by atoms with Crippen molar-refractivity contribution in [3.63, 3.8) is 0 Å². The van der Waals surface area contributed by atoms with Gasteiger partial charge >= 0.3 is 5.97 Å². The number of hydrogen-bond donors (Lipinski definition) is 0. The Morgan fingerprint density at radius 2 is 1.95 bits per heavy atom. The van der Waals surface area contributed by atoms with Crippen molar-refractivity contribution in [2.24, 2.45) is 0 Å². The summed E-state index contributed by atoms with van der Waals surface area (Å²) in [5.41, 5.74) is 2.29. The van der Waals surface area contributed by atoms with Crippen LogP contribution in [0.5, 0.6) is 5.75 Å². The van der Waals surface area contributed by atoms with Gasteiger partial charge in [-0.05, 0) is 23.3 Å². The van der Waals surface area contributed by atoms with Gasteiger partial charge in [-0.1, -0.05) is 49.1 Å². The molecule has 0 aliphatic rings. The van der Waals surface area contributed by atoms with Crippen LogP contribution >= 0.6 is 0 Å². The van der Waals surface area contributed by atoms with Gasteiger partial charge < -0.3 is 9.47 Å². The molecule has 0 amide bonds. The standard InChI is InChI=1S/C17H16O3/c1-3-13-9-10-16(15(11-13)17(18)19-2)20-12-14-7-5-4-6-8-14/h3-11H,1,12H2,2H3. The van der Waals surface area contributed by atoms with Crippen molar-refractivity contribution < 1.29 is 14.3 Å². The normalized spacial score (nSPS) is 9.85. The highest BCUT2D eigenvalue weighted by molar-refractivity contribution is 5.93. The van der Waals surface area contributed by atoms with E-state index in [1.54, 1.807) is 18.2 Å². The minimum atomic E-state index is -0.420. The SMILES string of the molecule is C=Cc1ccc(OCc2ccccc2)c(C(=O)OC)c1. The maximum Gasteiger partial charge on any atom is 0.341 e. The molecule has 0 radical (unpaired) electrons. The Morgan fingerprint density at radius 1 is 1.20 bits per heavy atom. The van der Waals surface area contributed by atoms with Gasteiger partial charge in [-0.3, -0.25) is 0 Å². The quantitative estimate of drug-likeness (QED) is 0.776. The van der Waals surface area contributed by atoms with Crippen LogP contribution < -0.4 is 4.74 Å². The Kier molecular flexibility index (Phi) is 4.56. The van der Waals surface area contributed by atoms with Gasteiger partial charge in [0.1, 0.15) is 17.9 Å². The van der Waals surface area contributed by atoms with Gasteiger partial charge in [0.2, 0.25) is 0 Å². The molecule has 0 aromatic heterocycles. The van der Waals surface area contributed by atoms with Gasteiger partial charge in [-0.25, -0.2) is 4.79 Å². The van der Waals surface area contributed by atoms with E-state index in [-0.39, 0.29) is 0 Å². The topological polar surface area (TPSA) is 35.5 Å². The predicted octanol–water partition coefficient (Wildman–Crippen LogP) is 3.70. The number of methoxy groups -OCH3 is 1. The summed E-state index contributed by atoms with van der Waals surface area (Å²) in [7, 11) is 1.35. The van der Waals surface area contributed by atoms with Crippen LogP contribution in [0.4, 0.5) is 0 Å². The van der Waals surface area contributed by atoms with E-state index in [2.05, 4.69) is 6.58 Å². The van der Waals surface area contributed by atoms with Crippen LogP contribution in [0.15, 0.2) is 55.1 Å². The third kappa shape index (κ3) is 3.26. The predicted molar refractivity (Wildman–Crippen MR) is 78.6 cm³/mol. The summed E-state index contributed by atoms with van der Waals surface area (Å²) in [5.74, 6) is 0.0862. The van der Waals surface area contributed by atoms with Crippen molar-refractivity contribution in [2.45, 2.75) is 6.61 Å². The van der Waals surface area contributed by atoms with Crippen LogP contribution in [0.2, 0.25) is 0 Å². The molecule has 102 valence electrons. The second-order valence-electron chi connectivity index (χ2n) is 4.23. The van der Waals surface area contributed by atoms with Gasteiger partial charge in [0.15, 0.2) is 0 Å². The first kappa shape index (κ1) is 13.9. The first-order valence-corrected chi connectivity index (χ1v) is 6.26. The molecule has 0 atom stereocenters. The van der Waals surface area contributed by atoms with E-state index < -0.39 is 5.97 Å². The van der Waals surface area contributed by atoms with E-state index in [1.807, 2.05) is 36.4 Å². The summed E-state index contributed by atoms with van der Waals surface area (Å²) in [4.78, 5) is 11.8. The van der Waals surface area contributed by atoms with Crippen LogP contribution in [0.3, 0.4) is 0 Å². The minimum Gasteiger partial charge on any atom is -0.488 e. The second kappa shape index (κ2) is 6.57. The van der Waals surface area contributed by atoms with Crippen LogP contribution in [-0.4, -0.2) is 13.1 Å². The highest BCUT2D eigenvalue weighted by Crippen LogP contribution is 2.23. The molecule has 0 aliphatic carbocycles. The molecular formula is C17H16O3. The molecule has 0 N–H and O–H groups in total. The molecule has 3 nitrogen and oxygen atoms in total. The summed E-state index contributed by atoms with van der Waals surface area (Å²) in [6.07, 6.45) is 1.67. The molecule has 0 bridgehead atoms. The van der Waals surface area contributed by atoms with Crippen molar-refractivity contribution >= 4 is 12.0 Å². The Hall–Kier alpha value is -2.55. The summed E-state index contributed by atoms with van der Waals surface area (Å²) >= 11 is 0. The van der Waals surface area contributed by atoms with Crippen LogP contribution in [-0.2, 0) is 11.3 Å². The zero-order valence-electron chi connectivity index (χ0n) is 11.3. The number of carbonyl (C=O) groups excluding carboxylic acids is 1. The fourth-order valence-electron chi connectivity index (χ4n) is 1.81. The van der Waals surface area contributed by atoms with Gasteiger partial charge in [0, 0.05) is 0 Å². The smallest absolute Gasteiger partial charge is 0.341 e. The molecule has 0 unspecified atom stereocenters. The van der Waals surface area contributed by atoms with E-state index in [9.17, 15) is 4.79 Å². The largest absolute Gasteiger partial charge is 0.488 e. The third-order valence-corrected chi connectivity index (χ3v) is 2.88. The molecule has 0 spiro atoms. The van der Waals surface area contributed by atoms with Crippen molar-refractivity contribution in [1.82, 2.24) is 0 Å². The van der Waals surface area contributed by atoms with Gasteiger partial charge in [0.25, 0.3) is 0 Å². The molecule has 0 aliphatic heterocycles. The number of rotatable bonds is 5. The van der Waals surface area contributed by atoms with E-state index in [0.29, 0.717) is 17.9 Å². The highest BCUT2D eigenvalue weighted by Gasteiger charge is 2.13. The molecule has 2 aromatic rings. The second-order valence-corrected chi connectivity index (χ2v) is 4.23. The first-order valence-electron chi connectivity index (χ1n) is 6.26. The molecule has 3 heteroatoms. The summed E-state index contributed by atoms with van der Waals surface area (Å²) < 4.78 is 10.5. The van der Waals surface area contributed by atoms with E-state index in [1.165, 1.54) is 7.11 Å². The Labute approximate surface area is 118 Å². The lowest BCUT2D eigenvalue weighted by atomic mass is 10.1. The molecule has 20 heavy (non-hydrogen) atoms. The summed E-state index contributed by atoms with van der Waals surface area (Å²) in [5, 5.41) is 0. The maximum atomic E-state index is 11.8. The summed E-state index contributed by atoms with van der Waals surface area (Å²) in [6, 6.07) is 15.1. The fraction of sp³-hybridized carbons (Fsp3) is 0.118. The van der Waals surface area contributed by atoms with E-state index in [0.717, 1.165) is 11.1 Å². The lowest BCUT2D eigenvalue weighted by Gasteiger charge is -2.11. The van der Waals surface area contributed by atoms with Crippen molar-refractivity contribution in [2.75, 3.05) is 7.11 Å². The van der Waals surface area contributed by atoms with Crippen molar-refractivity contribution in [1.29, 1.82) is 0 Å². The maximum absolute atomic E-state index is 11.8. The average molecular weight is 268 g/mol. The zero-order chi connectivity index (χ0) is 14.4. The molecule has 2 aromatic carbocycles. The van der Waals surface area contributed by atoms with Gasteiger partial charge in [-0.15, -0.1) is 0 Å². The molecule has 0 heterocycles. The number of esters is 1. The lowest BCUT2D eigenvalue weighted by molar-refractivity contribution is 0.0595. The highest BCUT2D eigenvalue weighted by atomic mass is 16.5. The fourth-order valence-corrected chi connectivity index (χ4v) is 1.81. The Morgan fingerprint density at radius 3 is 2.60 bits per heavy atom. The monoisotopic (exact) mass is 268 g/mol. The summed E-state index contributed by atoms with van der Waals surface area (Å²) in [6.45, 7) is 4.09. The van der Waals surface area contributed by atoms with Crippen LogP contribution in [0, 0.1) is 0 Å². The first-order chi connectivity index (χ1) is 9.74. The minimum absolute atomic E-state index is 0.401. The van der Waals surface area contributed by atoms with Gasteiger partial charge in [0.05, 0.1) is 7.11 Å². The van der Waals surface area contributed by atoms with E-state index >= 15 is 0 Å². The average Bonchev–Trinajstić information content (AvgIpc) is 2.53. The van der Waals surface area contributed by atoms with Crippen LogP contribution in [0.1, 0.15) is 21.5 Å². The zero-order valence-corrected chi connectivity index (χ0v) is 11.3. The van der Waals surface area contributed by atoms with Gasteiger partial charge in [-0.2, -0.15) is 0 Å². The Balaban J connectivity index is 2.22. The van der Waals surface area contributed by atoms with Crippen LogP contribution in [0.25, 0.3) is 6.08 Å². The molecule has 0 saturated carbocycles. The van der Waals surface area contributed by atoms with E-state index in [4.69, 9.17) is 9.47 Å². The number of hydrogen-bond acceptors (Lipinski definition) is 3. The van der Waals surface area contributed by atoms with Crippen molar-refractivity contribution in [3.8, 4) is 5.75 Å². The number of carbonyl (C=O) groups is 1. The molecular weight excluding hydrogens is 252 g/mol. The number of benzene rings is 2.